The Morgan fingerprint density at radius 1 is 0.917 bits per heavy atom. The fourth-order valence-corrected chi connectivity index (χ4v) is 2.90. The van der Waals surface area contributed by atoms with Crippen LogP contribution in [0.25, 0.3) is 0 Å². The van der Waals surface area contributed by atoms with Crippen molar-refractivity contribution in [3.8, 4) is 0 Å². The van der Waals surface area contributed by atoms with E-state index in [9.17, 15) is 18.0 Å². The average molecular weight is 347 g/mol. The van der Waals surface area contributed by atoms with E-state index >= 15 is 0 Å². The van der Waals surface area contributed by atoms with Gasteiger partial charge in [0.25, 0.3) is 5.91 Å². The highest BCUT2D eigenvalue weighted by atomic mass is 32.2. The van der Waals surface area contributed by atoms with Crippen molar-refractivity contribution in [1.82, 2.24) is 5.32 Å². The van der Waals surface area contributed by atoms with Gasteiger partial charge in [-0.2, -0.15) is 0 Å². The molecule has 2 aromatic carbocycles. The van der Waals surface area contributed by atoms with Crippen LogP contribution in [0.3, 0.4) is 0 Å². The molecule has 2 rings (SSSR count). The Morgan fingerprint density at radius 3 is 1.92 bits per heavy atom. The minimum Gasteiger partial charge on any atom is -0.478 e. The number of amides is 1. The topological polar surface area (TPSA) is 101 Å². The highest BCUT2D eigenvalue weighted by Crippen LogP contribution is 2.09. The Bertz CT molecular complexity index is 840. The molecule has 0 unspecified atom stereocenters. The van der Waals surface area contributed by atoms with Gasteiger partial charge >= 0.3 is 5.97 Å². The summed E-state index contributed by atoms with van der Waals surface area (Å²) in [5.74, 6) is -1.35. The second-order valence-electron chi connectivity index (χ2n) is 5.45. The molecule has 7 heteroatoms. The lowest BCUT2D eigenvalue weighted by atomic mass is 10.1. The number of hydrogen-bond donors (Lipinski definition) is 2. The highest BCUT2D eigenvalue weighted by molar-refractivity contribution is 7.89. The van der Waals surface area contributed by atoms with Crippen LogP contribution in [0.2, 0.25) is 0 Å². The van der Waals surface area contributed by atoms with Gasteiger partial charge in [0.15, 0.2) is 9.84 Å². The highest BCUT2D eigenvalue weighted by Gasteiger charge is 2.08. The summed E-state index contributed by atoms with van der Waals surface area (Å²) in [6.07, 6.45) is 1.16. The number of carboxylic acids is 1. The van der Waals surface area contributed by atoms with Crippen molar-refractivity contribution in [2.75, 3.05) is 6.26 Å². The van der Waals surface area contributed by atoms with E-state index in [1.807, 2.05) is 0 Å². The first-order valence-corrected chi connectivity index (χ1v) is 9.18. The SMILES string of the molecule is CS(=O)(=O)Cc1ccc(C(=O)NCc2ccc(C(=O)O)cc2)cc1. The van der Waals surface area contributed by atoms with Gasteiger partial charge in [0.2, 0.25) is 0 Å². The van der Waals surface area contributed by atoms with Crippen molar-refractivity contribution in [3.05, 3.63) is 70.8 Å². The minimum atomic E-state index is -3.11. The van der Waals surface area contributed by atoms with Crippen LogP contribution in [0, 0.1) is 0 Å². The van der Waals surface area contributed by atoms with Gasteiger partial charge in [-0.25, -0.2) is 13.2 Å². The summed E-state index contributed by atoms with van der Waals surface area (Å²) in [4.78, 5) is 22.8. The van der Waals surface area contributed by atoms with Crippen LogP contribution in [0.1, 0.15) is 31.8 Å². The van der Waals surface area contributed by atoms with Gasteiger partial charge in [0.05, 0.1) is 11.3 Å². The summed E-state index contributed by atoms with van der Waals surface area (Å²) >= 11 is 0. The van der Waals surface area contributed by atoms with Crippen molar-refractivity contribution in [3.63, 3.8) is 0 Å². The maximum atomic E-state index is 12.1. The van der Waals surface area contributed by atoms with Crippen LogP contribution in [0.4, 0.5) is 0 Å². The molecule has 24 heavy (non-hydrogen) atoms. The first-order valence-electron chi connectivity index (χ1n) is 7.12. The molecular weight excluding hydrogens is 330 g/mol. The summed E-state index contributed by atoms with van der Waals surface area (Å²) < 4.78 is 22.5. The van der Waals surface area contributed by atoms with Crippen LogP contribution < -0.4 is 5.32 Å². The van der Waals surface area contributed by atoms with Gasteiger partial charge in [-0.15, -0.1) is 0 Å². The zero-order chi connectivity index (χ0) is 17.7. The quantitative estimate of drug-likeness (QED) is 0.831. The predicted molar refractivity (Wildman–Crippen MR) is 89.6 cm³/mol. The fraction of sp³-hybridized carbons (Fsp3) is 0.176. The van der Waals surface area contributed by atoms with Gasteiger partial charge in [0, 0.05) is 18.4 Å². The fourth-order valence-electron chi connectivity index (χ4n) is 2.10. The molecule has 6 nitrogen and oxygen atoms in total. The van der Waals surface area contributed by atoms with Crippen LogP contribution in [-0.4, -0.2) is 31.7 Å². The standard InChI is InChI=1S/C17H17NO5S/c1-24(22,23)11-13-4-6-14(7-5-13)16(19)18-10-12-2-8-15(9-3-12)17(20)21/h2-9H,10-11H2,1H3,(H,18,19)(H,20,21). The van der Waals surface area contributed by atoms with E-state index in [4.69, 9.17) is 5.11 Å². The Morgan fingerprint density at radius 2 is 1.42 bits per heavy atom. The lowest BCUT2D eigenvalue weighted by Crippen LogP contribution is -2.22. The summed E-state index contributed by atoms with van der Waals surface area (Å²) in [7, 11) is -3.11. The Hall–Kier alpha value is -2.67. The largest absolute Gasteiger partial charge is 0.478 e. The molecule has 0 bridgehead atoms. The second-order valence-corrected chi connectivity index (χ2v) is 7.59. The lowest BCUT2D eigenvalue weighted by molar-refractivity contribution is 0.0696. The molecule has 0 aliphatic heterocycles. The maximum absolute atomic E-state index is 12.1. The second kappa shape index (κ2) is 7.27. The molecule has 0 aliphatic rings. The number of carbonyl (C=O) groups is 2. The monoisotopic (exact) mass is 347 g/mol. The Kier molecular flexibility index (Phi) is 5.35. The number of hydrogen-bond acceptors (Lipinski definition) is 4. The summed E-state index contributed by atoms with van der Waals surface area (Å²) in [6.45, 7) is 0.268. The van der Waals surface area contributed by atoms with E-state index in [2.05, 4.69) is 5.32 Å². The molecule has 0 aliphatic carbocycles. The van der Waals surface area contributed by atoms with Gasteiger partial charge in [-0.3, -0.25) is 4.79 Å². The number of benzene rings is 2. The number of aromatic carboxylic acids is 1. The van der Waals surface area contributed by atoms with E-state index in [-0.39, 0.29) is 23.8 Å². The van der Waals surface area contributed by atoms with E-state index < -0.39 is 15.8 Å². The van der Waals surface area contributed by atoms with Crippen molar-refractivity contribution in [2.45, 2.75) is 12.3 Å². The predicted octanol–water partition coefficient (Wildman–Crippen LogP) is 1.86. The van der Waals surface area contributed by atoms with E-state index in [1.165, 1.54) is 12.1 Å². The van der Waals surface area contributed by atoms with Crippen LogP contribution >= 0.6 is 0 Å². The smallest absolute Gasteiger partial charge is 0.335 e. The van der Waals surface area contributed by atoms with Crippen LogP contribution in [-0.2, 0) is 22.1 Å². The number of sulfone groups is 1. The molecular formula is C17H17NO5S. The van der Waals surface area contributed by atoms with Gasteiger partial charge < -0.3 is 10.4 Å². The Balaban J connectivity index is 1.96. The molecule has 0 saturated carbocycles. The van der Waals surface area contributed by atoms with Crippen molar-refractivity contribution >= 4 is 21.7 Å². The van der Waals surface area contributed by atoms with Crippen molar-refractivity contribution in [1.29, 1.82) is 0 Å². The molecule has 0 heterocycles. The zero-order valence-corrected chi connectivity index (χ0v) is 13.8. The van der Waals surface area contributed by atoms with Crippen molar-refractivity contribution < 1.29 is 23.1 Å². The first kappa shape index (κ1) is 17.7. The molecule has 1 amide bonds. The summed E-state index contributed by atoms with van der Waals surface area (Å²) in [5, 5.41) is 11.6. The van der Waals surface area contributed by atoms with Crippen LogP contribution in [0.5, 0.6) is 0 Å². The molecule has 126 valence electrons. The average Bonchev–Trinajstić information content (AvgIpc) is 2.52. The number of rotatable bonds is 6. The maximum Gasteiger partial charge on any atom is 0.335 e. The normalized spacial score (nSPS) is 11.0. The van der Waals surface area contributed by atoms with Gasteiger partial charge in [-0.05, 0) is 35.4 Å². The molecule has 2 N–H and O–H groups in total. The number of carboxylic acid groups (broad SMARTS) is 1. The molecule has 0 spiro atoms. The first-order chi connectivity index (χ1) is 11.2. The van der Waals surface area contributed by atoms with E-state index in [1.54, 1.807) is 36.4 Å². The molecule has 0 aromatic heterocycles. The van der Waals surface area contributed by atoms with E-state index in [0.29, 0.717) is 11.1 Å². The summed E-state index contributed by atoms with van der Waals surface area (Å²) in [6, 6.07) is 12.6. The minimum absolute atomic E-state index is 0.0647. The Labute approximate surface area is 140 Å². The molecule has 0 saturated heterocycles. The molecule has 2 aromatic rings. The summed E-state index contributed by atoms with van der Waals surface area (Å²) in [5.41, 5.74) is 2.02. The van der Waals surface area contributed by atoms with Gasteiger partial charge in [0.1, 0.15) is 0 Å². The zero-order valence-electron chi connectivity index (χ0n) is 13.0. The van der Waals surface area contributed by atoms with Crippen molar-refractivity contribution in [2.24, 2.45) is 0 Å². The van der Waals surface area contributed by atoms with Gasteiger partial charge in [-0.1, -0.05) is 24.3 Å². The molecule has 0 atom stereocenters. The third kappa shape index (κ3) is 5.20. The van der Waals surface area contributed by atoms with E-state index in [0.717, 1.165) is 11.8 Å². The number of nitrogens with one attached hydrogen (secondary N) is 1. The molecule has 0 radical (unpaired) electrons. The van der Waals surface area contributed by atoms with Crippen LogP contribution in [0.15, 0.2) is 48.5 Å². The number of carbonyl (C=O) groups excluding carboxylic acids is 1. The lowest BCUT2D eigenvalue weighted by Gasteiger charge is -2.07. The third-order valence-electron chi connectivity index (χ3n) is 3.30. The third-order valence-corrected chi connectivity index (χ3v) is 4.16. The molecule has 0 fully saturated rings.